The quantitative estimate of drug-likeness (QED) is 0.668. The molecular weight excluding hydrogens is 308 g/mol. The second-order valence-electron chi connectivity index (χ2n) is 5.38. The fourth-order valence-electron chi connectivity index (χ4n) is 2.62. The van der Waals surface area contributed by atoms with Gasteiger partial charge in [0.25, 0.3) is 0 Å². The van der Waals surface area contributed by atoms with Gasteiger partial charge in [0.2, 0.25) is 0 Å². The smallest absolute Gasteiger partial charge is 0.191 e. The molecule has 3 rings (SSSR count). The number of hydrogen-bond acceptors (Lipinski definition) is 4. The molecule has 1 aromatic carbocycles. The van der Waals surface area contributed by atoms with Gasteiger partial charge in [-0.05, 0) is 12.5 Å². The first-order valence-corrected chi connectivity index (χ1v) is 8.80. The third-order valence-electron chi connectivity index (χ3n) is 3.83. The molecule has 0 bridgehead atoms. The Labute approximate surface area is 140 Å². The minimum atomic E-state index is 0.216. The van der Waals surface area contributed by atoms with Crippen LogP contribution in [-0.2, 0) is 13.0 Å². The van der Waals surface area contributed by atoms with Gasteiger partial charge in [0.15, 0.2) is 5.96 Å². The third-order valence-corrected chi connectivity index (χ3v) is 4.87. The number of fused-ring (bicyclic) bond motifs is 1. The van der Waals surface area contributed by atoms with Gasteiger partial charge in [-0.25, -0.2) is 4.98 Å². The van der Waals surface area contributed by atoms with Crippen molar-refractivity contribution < 1.29 is 4.74 Å². The lowest BCUT2D eigenvalue weighted by Gasteiger charge is -2.28. The topological polar surface area (TPSA) is 58.5 Å². The summed E-state index contributed by atoms with van der Waals surface area (Å²) in [6.45, 7) is 3.53. The van der Waals surface area contributed by atoms with E-state index in [1.54, 1.807) is 18.4 Å². The van der Waals surface area contributed by atoms with Crippen LogP contribution in [0.2, 0.25) is 0 Å². The van der Waals surface area contributed by atoms with Crippen molar-refractivity contribution >= 4 is 17.3 Å². The molecule has 0 radical (unpaired) electrons. The number of nitrogens with zero attached hydrogens (tertiary/aromatic N) is 2. The molecule has 2 heterocycles. The molecule has 122 valence electrons. The van der Waals surface area contributed by atoms with E-state index >= 15 is 0 Å². The van der Waals surface area contributed by atoms with Crippen molar-refractivity contribution in [1.29, 1.82) is 0 Å². The Balaban J connectivity index is 1.62. The van der Waals surface area contributed by atoms with Crippen LogP contribution in [0.5, 0.6) is 5.75 Å². The summed E-state index contributed by atoms with van der Waals surface area (Å²) in [5.74, 6) is 1.75. The van der Waals surface area contributed by atoms with Gasteiger partial charge in [0.05, 0.1) is 29.9 Å². The van der Waals surface area contributed by atoms with E-state index in [0.717, 1.165) is 36.9 Å². The molecule has 5 nitrogen and oxygen atoms in total. The van der Waals surface area contributed by atoms with E-state index in [0.29, 0.717) is 6.54 Å². The molecule has 2 aromatic rings. The molecule has 23 heavy (non-hydrogen) atoms. The maximum Gasteiger partial charge on any atom is 0.191 e. The number of nitrogens with one attached hydrogen (secondary N) is 2. The zero-order valence-corrected chi connectivity index (χ0v) is 14.3. The molecule has 1 atom stereocenters. The van der Waals surface area contributed by atoms with Gasteiger partial charge in [-0.3, -0.25) is 4.99 Å². The first kappa shape index (κ1) is 15.8. The van der Waals surface area contributed by atoms with Gasteiger partial charge in [0, 0.05) is 24.4 Å². The molecule has 1 aliphatic heterocycles. The summed E-state index contributed by atoms with van der Waals surface area (Å²) in [7, 11) is 1.79. The van der Waals surface area contributed by atoms with Gasteiger partial charge >= 0.3 is 0 Å². The van der Waals surface area contributed by atoms with Crippen molar-refractivity contribution in [3.8, 4) is 5.75 Å². The van der Waals surface area contributed by atoms with E-state index < -0.39 is 0 Å². The molecule has 0 saturated heterocycles. The molecule has 0 aliphatic carbocycles. The fraction of sp³-hybridized carbons (Fsp3) is 0.412. The van der Waals surface area contributed by atoms with Crippen molar-refractivity contribution in [2.24, 2.45) is 4.99 Å². The zero-order valence-electron chi connectivity index (χ0n) is 13.5. The highest BCUT2D eigenvalue weighted by atomic mass is 32.1. The molecule has 1 unspecified atom stereocenters. The lowest BCUT2D eigenvalue weighted by Crippen LogP contribution is -2.40. The zero-order chi connectivity index (χ0) is 16.1. The van der Waals surface area contributed by atoms with Crippen LogP contribution in [0.1, 0.15) is 35.7 Å². The summed E-state index contributed by atoms with van der Waals surface area (Å²) in [5, 5.41) is 10.1. The maximum atomic E-state index is 5.70. The lowest BCUT2D eigenvalue weighted by atomic mass is 10.0. The van der Waals surface area contributed by atoms with Gasteiger partial charge < -0.3 is 15.4 Å². The van der Waals surface area contributed by atoms with E-state index in [1.807, 2.05) is 18.2 Å². The molecule has 0 saturated carbocycles. The number of hydrogen-bond donors (Lipinski definition) is 2. The summed E-state index contributed by atoms with van der Waals surface area (Å²) in [4.78, 5) is 8.90. The molecular formula is C17H22N4OS. The van der Waals surface area contributed by atoms with Crippen LogP contribution in [0.25, 0.3) is 0 Å². The number of guanidine groups is 1. The summed E-state index contributed by atoms with van der Waals surface area (Å²) >= 11 is 1.71. The number of ether oxygens (including phenoxy) is 1. The van der Waals surface area contributed by atoms with Crippen LogP contribution >= 0.6 is 11.3 Å². The second kappa shape index (κ2) is 7.46. The molecule has 1 aliphatic rings. The van der Waals surface area contributed by atoms with Crippen molar-refractivity contribution in [2.45, 2.75) is 32.4 Å². The van der Waals surface area contributed by atoms with Gasteiger partial charge in [0.1, 0.15) is 5.75 Å². The van der Waals surface area contributed by atoms with E-state index in [2.05, 4.69) is 39.0 Å². The highest BCUT2D eigenvalue weighted by Gasteiger charge is 2.21. The van der Waals surface area contributed by atoms with E-state index in [-0.39, 0.29) is 6.04 Å². The van der Waals surface area contributed by atoms with Crippen LogP contribution in [0.15, 0.2) is 34.6 Å². The number of aliphatic imine (C=N–C) groups is 1. The largest absolute Gasteiger partial charge is 0.493 e. The minimum Gasteiger partial charge on any atom is -0.493 e. The van der Waals surface area contributed by atoms with E-state index in [9.17, 15) is 0 Å². The predicted octanol–water partition coefficient (Wildman–Crippen LogP) is 2.89. The van der Waals surface area contributed by atoms with Crippen LogP contribution in [-0.4, -0.2) is 24.6 Å². The van der Waals surface area contributed by atoms with Crippen molar-refractivity contribution in [1.82, 2.24) is 15.6 Å². The van der Waals surface area contributed by atoms with E-state index in [1.165, 1.54) is 10.6 Å². The Kier molecular flexibility index (Phi) is 5.12. The SMILES string of the molecule is CCc1nc(CNC(=NC)NC2CCOc3ccccc32)cs1. The molecule has 2 N–H and O–H groups in total. The number of thiazole rings is 1. The number of para-hydroxylation sites is 1. The standard InChI is InChI=1S/C17H22N4OS/c1-3-16-20-12(11-23-16)10-19-17(18-2)21-14-8-9-22-15-7-5-4-6-13(14)15/h4-7,11,14H,3,8-10H2,1-2H3,(H2,18,19,21). The summed E-state index contributed by atoms with van der Waals surface area (Å²) in [6, 6.07) is 8.38. The highest BCUT2D eigenvalue weighted by Crippen LogP contribution is 2.31. The van der Waals surface area contributed by atoms with Gasteiger partial charge in [-0.2, -0.15) is 0 Å². The van der Waals surface area contributed by atoms with Crippen molar-refractivity contribution in [2.75, 3.05) is 13.7 Å². The fourth-order valence-corrected chi connectivity index (χ4v) is 3.36. The second-order valence-corrected chi connectivity index (χ2v) is 6.33. The van der Waals surface area contributed by atoms with Crippen molar-refractivity contribution in [3.05, 3.63) is 45.9 Å². The Morgan fingerprint density at radius 2 is 2.30 bits per heavy atom. The number of aryl methyl sites for hydroxylation is 1. The summed E-state index contributed by atoms with van der Waals surface area (Å²) in [5.41, 5.74) is 2.24. The predicted molar refractivity (Wildman–Crippen MR) is 94.1 cm³/mol. The average molecular weight is 330 g/mol. The Morgan fingerprint density at radius 3 is 3.09 bits per heavy atom. The monoisotopic (exact) mass is 330 g/mol. The molecule has 0 fully saturated rings. The van der Waals surface area contributed by atoms with Crippen LogP contribution in [0.3, 0.4) is 0 Å². The number of aromatic nitrogens is 1. The molecule has 0 amide bonds. The van der Waals surface area contributed by atoms with Crippen LogP contribution < -0.4 is 15.4 Å². The summed E-state index contributed by atoms with van der Waals surface area (Å²) < 4.78 is 5.70. The summed E-state index contributed by atoms with van der Waals surface area (Å²) in [6.07, 6.45) is 1.91. The molecule has 0 spiro atoms. The minimum absolute atomic E-state index is 0.216. The van der Waals surface area contributed by atoms with Gasteiger partial charge in [-0.1, -0.05) is 25.1 Å². The molecule has 1 aromatic heterocycles. The highest BCUT2D eigenvalue weighted by molar-refractivity contribution is 7.09. The van der Waals surface area contributed by atoms with Crippen LogP contribution in [0.4, 0.5) is 0 Å². The van der Waals surface area contributed by atoms with Crippen molar-refractivity contribution in [3.63, 3.8) is 0 Å². The number of benzene rings is 1. The van der Waals surface area contributed by atoms with Gasteiger partial charge in [-0.15, -0.1) is 11.3 Å². The first-order valence-electron chi connectivity index (χ1n) is 7.92. The first-order chi connectivity index (χ1) is 11.3. The Bertz CT molecular complexity index is 683. The van der Waals surface area contributed by atoms with E-state index in [4.69, 9.17) is 4.74 Å². The van der Waals surface area contributed by atoms with Crippen LogP contribution in [0, 0.1) is 0 Å². The number of rotatable bonds is 4. The third kappa shape index (κ3) is 3.82. The average Bonchev–Trinajstić information content (AvgIpc) is 3.07. The normalized spacial score (nSPS) is 17.3. The maximum absolute atomic E-state index is 5.70. The Hall–Kier alpha value is -2.08. The molecule has 6 heteroatoms. The Morgan fingerprint density at radius 1 is 1.43 bits per heavy atom. The lowest BCUT2D eigenvalue weighted by molar-refractivity contribution is 0.261.